The summed E-state index contributed by atoms with van der Waals surface area (Å²) in [6.45, 7) is 0. The van der Waals surface area contributed by atoms with Gasteiger partial charge in [-0.05, 0) is 122 Å². The van der Waals surface area contributed by atoms with Crippen molar-refractivity contribution in [1.82, 2.24) is 4.90 Å². The molecule has 3 aliphatic heterocycles. The summed E-state index contributed by atoms with van der Waals surface area (Å²) in [4.78, 5) is 18.1. The van der Waals surface area contributed by atoms with Crippen molar-refractivity contribution in [2.24, 2.45) is 9.98 Å². The Morgan fingerprint density at radius 2 is 1.14 bits per heavy atom. The summed E-state index contributed by atoms with van der Waals surface area (Å²) in [6, 6.07) is 80.9. The van der Waals surface area contributed by atoms with Gasteiger partial charge in [-0.3, -0.25) is 0 Å². The Hall–Kier alpha value is -8.03. The van der Waals surface area contributed by atoms with Crippen LogP contribution in [-0.2, 0) is 11.8 Å². The number of aliphatic imine (C=N–C) groups is 2. The molecular weight excluding hydrogens is 889 g/mol. The zero-order chi connectivity index (χ0) is 46.1. The summed E-state index contributed by atoms with van der Waals surface area (Å²) in [5.41, 5.74) is 17.0. The van der Waals surface area contributed by atoms with Crippen LogP contribution in [0.1, 0.15) is 56.2 Å². The van der Waals surface area contributed by atoms with Gasteiger partial charge in [-0.1, -0.05) is 176 Å². The molecule has 6 heteroatoms. The Kier molecular flexibility index (Phi) is 8.69. The standard InChI is InChI=1S/C64H42N4S2/c1-67-62(43-28-27-42-34-45-33-40-17-5-6-18-41(40)35-59(45)70-58(42)36-43)65-61(39-15-3-2-4-16-39)66-63(67)44-29-31-49-50-38-46(30-32-57(50)69-60(49)37-44)68-55-25-13-11-23-53(55)64(54-24-12-14-26-56(54)68)51-21-9-7-19-47(51)48-20-8-10-22-52(48)64/h2-33,35-38,62H,34H2,1H3. The molecule has 0 fully saturated rings. The Labute approximate surface area is 414 Å². The van der Waals surface area contributed by atoms with Crippen LogP contribution in [0.25, 0.3) is 42.1 Å². The summed E-state index contributed by atoms with van der Waals surface area (Å²) >= 11 is 3.73. The number of amidine groups is 2. The number of anilines is 3. The third kappa shape index (κ3) is 5.78. The molecule has 1 aromatic heterocycles. The molecule has 1 aliphatic carbocycles. The first kappa shape index (κ1) is 39.9. The van der Waals surface area contributed by atoms with Gasteiger partial charge in [-0.25, -0.2) is 9.98 Å². The fraction of sp³-hybridized carbons (Fsp3) is 0.0625. The van der Waals surface area contributed by atoms with Gasteiger partial charge in [0.15, 0.2) is 12.0 Å². The summed E-state index contributed by atoms with van der Waals surface area (Å²) in [5.74, 6) is 1.65. The van der Waals surface area contributed by atoms with Gasteiger partial charge in [0.05, 0.1) is 16.8 Å². The fourth-order valence-electron chi connectivity index (χ4n) is 12.0. The minimum Gasteiger partial charge on any atom is -0.333 e. The first-order valence-electron chi connectivity index (χ1n) is 24.0. The molecule has 4 nitrogen and oxygen atoms in total. The van der Waals surface area contributed by atoms with Crippen molar-refractivity contribution in [1.29, 1.82) is 0 Å². The van der Waals surface area contributed by atoms with E-state index in [1.807, 2.05) is 23.1 Å². The lowest BCUT2D eigenvalue weighted by Gasteiger charge is -2.45. The SMILES string of the molecule is CN1C(c2ccc3c(c2)sc2ccc(N4c5ccccc5C5(c6ccccc6-c6ccccc65)c5ccccc54)cc23)=NC(c2ccccc2)=NC1c1ccc2c(c1)Sc1cc3ccccc3cc1C2. The van der Waals surface area contributed by atoms with Crippen LogP contribution < -0.4 is 4.90 Å². The second-order valence-electron chi connectivity index (χ2n) is 18.9. The summed E-state index contributed by atoms with van der Waals surface area (Å²) in [7, 11) is 2.14. The minimum absolute atomic E-state index is 0.257. The molecule has 0 saturated carbocycles. The van der Waals surface area contributed by atoms with E-state index >= 15 is 0 Å². The average molecular weight is 931 g/mol. The van der Waals surface area contributed by atoms with Gasteiger partial charge in [0.2, 0.25) is 0 Å². The number of hydrogen-bond donors (Lipinski definition) is 0. The lowest BCUT2D eigenvalue weighted by Crippen LogP contribution is -2.36. The third-order valence-electron chi connectivity index (χ3n) is 15.1. The predicted octanol–water partition coefficient (Wildman–Crippen LogP) is 16.2. The van der Waals surface area contributed by atoms with Crippen LogP contribution in [0.15, 0.2) is 238 Å². The van der Waals surface area contributed by atoms with Gasteiger partial charge in [0, 0.05) is 53.8 Å². The van der Waals surface area contributed by atoms with Gasteiger partial charge >= 0.3 is 0 Å². The van der Waals surface area contributed by atoms with Crippen LogP contribution in [0, 0.1) is 0 Å². The zero-order valence-electron chi connectivity index (χ0n) is 38.2. The van der Waals surface area contributed by atoms with E-state index < -0.39 is 5.41 Å². The summed E-state index contributed by atoms with van der Waals surface area (Å²) in [5, 5.41) is 5.07. The van der Waals surface area contributed by atoms with Crippen LogP contribution in [0.2, 0.25) is 0 Å². The van der Waals surface area contributed by atoms with E-state index in [4.69, 9.17) is 9.98 Å². The van der Waals surface area contributed by atoms with Crippen molar-refractivity contribution in [2.45, 2.75) is 27.8 Å². The molecule has 1 unspecified atom stereocenters. The first-order chi connectivity index (χ1) is 34.6. The Balaban J connectivity index is 0.817. The van der Waals surface area contributed by atoms with Crippen molar-refractivity contribution >= 4 is 82.8 Å². The maximum absolute atomic E-state index is 5.39. The zero-order valence-corrected chi connectivity index (χ0v) is 39.8. The van der Waals surface area contributed by atoms with Crippen LogP contribution in [0.4, 0.5) is 17.1 Å². The highest BCUT2D eigenvalue weighted by molar-refractivity contribution is 7.99. The first-order valence-corrected chi connectivity index (χ1v) is 25.6. The number of rotatable bonds is 4. The normalized spacial score (nSPS) is 16.0. The minimum atomic E-state index is -0.438. The highest BCUT2D eigenvalue weighted by Gasteiger charge is 2.51. The summed E-state index contributed by atoms with van der Waals surface area (Å²) < 4.78 is 2.49. The monoisotopic (exact) mass is 930 g/mol. The molecule has 11 aromatic rings. The number of thiophene rings is 1. The quantitative estimate of drug-likeness (QED) is 0.176. The van der Waals surface area contributed by atoms with Gasteiger partial charge in [0.25, 0.3) is 0 Å². The third-order valence-corrected chi connectivity index (χ3v) is 17.5. The second-order valence-corrected chi connectivity index (χ2v) is 21.1. The van der Waals surface area contributed by atoms with Gasteiger partial charge < -0.3 is 9.80 Å². The number of nitrogens with zero attached hydrogens (tertiary/aromatic N) is 4. The maximum atomic E-state index is 5.39. The van der Waals surface area contributed by atoms with E-state index in [0.29, 0.717) is 0 Å². The largest absolute Gasteiger partial charge is 0.333 e. The lowest BCUT2D eigenvalue weighted by atomic mass is 9.64. The molecule has 1 atom stereocenters. The fourth-order valence-corrected chi connectivity index (χ4v) is 14.3. The molecule has 0 saturated heterocycles. The second kappa shape index (κ2) is 15.2. The van der Waals surface area contributed by atoms with Gasteiger partial charge in [-0.15, -0.1) is 11.3 Å². The highest BCUT2D eigenvalue weighted by atomic mass is 32.2. The van der Waals surface area contributed by atoms with Crippen molar-refractivity contribution in [3.05, 3.63) is 268 Å². The molecular formula is C64H42N4S2. The Bertz CT molecular complexity index is 3980. The highest BCUT2D eigenvalue weighted by Crippen LogP contribution is 2.63. The lowest BCUT2D eigenvalue weighted by molar-refractivity contribution is 0.382. The average Bonchev–Trinajstić information content (AvgIpc) is 3.93. The number of para-hydroxylation sites is 2. The molecule has 70 heavy (non-hydrogen) atoms. The molecule has 4 aliphatic rings. The van der Waals surface area contributed by atoms with Crippen LogP contribution in [-0.4, -0.2) is 23.6 Å². The van der Waals surface area contributed by atoms with E-state index in [9.17, 15) is 0 Å². The van der Waals surface area contributed by atoms with E-state index in [1.165, 1.54) is 96.6 Å². The molecule has 330 valence electrons. The molecule has 4 heterocycles. The number of benzene rings is 10. The molecule has 0 radical (unpaired) electrons. The number of hydrogen-bond acceptors (Lipinski definition) is 6. The molecule has 1 spiro atoms. The Morgan fingerprint density at radius 1 is 0.500 bits per heavy atom. The summed E-state index contributed by atoms with van der Waals surface area (Å²) in [6.07, 6.45) is 0.669. The van der Waals surface area contributed by atoms with Crippen molar-refractivity contribution in [2.75, 3.05) is 11.9 Å². The Morgan fingerprint density at radius 3 is 1.89 bits per heavy atom. The maximum Gasteiger partial charge on any atom is 0.159 e. The van der Waals surface area contributed by atoms with Crippen molar-refractivity contribution in [3.8, 4) is 11.1 Å². The van der Waals surface area contributed by atoms with Crippen molar-refractivity contribution < 1.29 is 0 Å². The molecule has 0 bridgehead atoms. The molecule has 15 rings (SSSR count). The van der Waals surface area contributed by atoms with Crippen LogP contribution >= 0.6 is 23.1 Å². The van der Waals surface area contributed by atoms with Crippen LogP contribution in [0.5, 0.6) is 0 Å². The van der Waals surface area contributed by atoms with E-state index in [-0.39, 0.29) is 6.17 Å². The van der Waals surface area contributed by atoms with E-state index in [1.54, 1.807) is 0 Å². The van der Waals surface area contributed by atoms with Gasteiger partial charge in [0.1, 0.15) is 5.84 Å². The molecule has 0 amide bonds. The molecule has 0 N–H and O–H groups in total. The van der Waals surface area contributed by atoms with E-state index in [2.05, 4.69) is 235 Å². The van der Waals surface area contributed by atoms with Crippen molar-refractivity contribution in [3.63, 3.8) is 0 Å². The van der Waals surface area contributed by atoms with Gasteiger partial charge in [-0.2, -0.15) is 0 Å². The topological polar surface area (TPSA) is 31.2 Å². The number of fused-ring (bicyclic) bond motifs is 15. The smallest absolute Gasteiger partial charge is 0.159 e. The predicted molar refractivity (Wildman–Crippen MR) is 292 cm³/mol. The van der Waals surface area contributed by atoms with Crippen LogP contribution in [0.3, 0.4) is 0 Å². The van der Waals surface area contributed by atoms with E-state index in [0.717, 1.165) is 40.5 Å². The molecule has 10 aromatic carbocycles.